The first kappa shape index (κ1) is 15.1. The fourth-order valence-electron chi connectivity index (χ4n) is 3.02. The van der Waals surface area contributed by atoms with Crippen LogP contribution in [-0.4, -0.2) is 61.2 Å². The molecule has 0 bridgehead atoms. The van der Waals surface area contributed by atoms with E-state index in [1.54, 1.807) is 7.11 Å². The van der Waals surface area contributed by atoms with E-state index in [4.69, 9.17) is 4.74 Å². The SMILES string of the molecule is COCCN(C(=O)C1CCNC(C)C1)C1CCSC1. The first-order valence-corrected chi connectivity index (χ1v) is 8.48. The zero-order chi connectivity index (χ0) is 13.7. The fraction of sp³-hybridized carbons (Fsp3) is 0.929. The number of nitrogens with zero attached hydrogens (tertiary/aromatic N) is 1. The maximum absolute atomic E-state index is 12.8. The third-order valence-corrected chi connectivity index (χ3v) is 5.28. The van der Waals surface area contributed by atoms with E-state index in [1.165, 1.54) is 5.75 Å². The average Bonchev–Trinajstić information content (AvgIpc) is 2.93. The summed E-state index contributed by atoms with van der Waals surface area (Å²) in [5.41, 5.74) is 0. The van der Waals surface area contributed by atoms with Crippen LogP contribution >= 0.6 is 11.8 Å². The van der Waals surface area contributed by atoms with Crippen LogP contribution in [0.1, 0.15) is 26.2 Å². The van der Waals surface area contributed by atoms with E-state index in [1.807, 2.05) is 11.8 Å². The van der Waals surface area contributed by atoms with Gasteiger partial charge >= 0.3 is 0 Å². The highest BCUT2D eigenvalue weighted by atomic mass is 32.2. The van der Waals surface area contributed by atoms with Crippen LogP contribution in [0.3, 0.4) is 0 Å². The van der Waals surface area contributed by atoms with Crippen molar-refractivity contribution < 1.29 is 9.53 Å². The molecule has 2 aliphatic heterocycles. The third kappa shape index (κ3) is 4.10. The molecule has 0 radical (unpaired) electrons. The lowest BCUT2D eigenvalue weighted by molar-refractivity contribution is -0.139. The van der Waals surface area contributed by atoms with Gasteiger partial charge in [0.25, 0.3) is 0 Å². The first-order chi connectivity index (χ1) is 9.22. The number of thioether (sulfide) groups is 1. The van der Waals surface area contributed by atoms with Gasteiger partial charge in [-0.2, -0.15) is 11.8 Å². The summed E-state index contributed by atoms with van der Waals surface area (Å²) in [5.74, 6) is 2.84. The van der Waals surface area contributed by atoms with Crippen molar-refractivity contribution in [3.63, 3.8) is 0 Å². The lowest BCUT2D eigenvalue weighted by Gasteiger charge is -2.35. The van der Waals surface area contributed by atoms with Gasteiger partial charge in [0.2, 0.25) is 5.91 Å². The number of hydrogen-bond acceptors (Lipinski definition) is 4. The Balaban J connectivity index is 1.97. The minimum atomic E-state index is 0.207. The Labute approximate surface area is 120 Å². The molecule has 4 nitrogen and oxygen atoms in total. The Morgan fingerprint density at radius 1 is 1.47 bits per heavy atom. The van der Waals surface area contributed by atoms with Gasteiger partial charge in [-0.05, 0) is 38.5 Å². The molecular weight excluding hydrogens is 260 g/mol. The molecule has 0 spiro atoms. The van der Waals surface area contributed by atoms with E-state index in [-0.39, 0.29) is 5.92 Å². The maximum Gasteiger partial charge on any atom is 0.226 e. The number of carbonyl (C=O) groups excluding carboxylic acids is 1. The molecule has 0 aromatic heterocycles. The van der Waals surface area contributed by atoms with Gasteiger partial charge in [0.05, 0.1) is 6.61 Å². The lowest BCUT2D eigenvalue weighted by atomic mass is 9.91. The van der Waals surface area contributed by atoms with Crippen molar-refractivity contribution in [3.05, 3.63) is 0 Å². The smallest absolute Gasteiger partial charge is 0.226 e. The second kappa shape index (κ2) is 7.50. The van der Waals surface area contributed by atoms with E-state index in [2.05, 4.69) is 17.1 Å². The fourth-order valence-corrected chi connectivity index (χ4v) is 4.25. The summed E-state index contributed by atoms with van der Waals surface area (Å²) in [6, 6.07) is 0.891. The largest absolute Gasteiger partial charge is 0.383 e. The van der Waals surface area contributed by atoms with E-state index in [0.717, 1.165) is 38.1 Å². The number of piperidine rings is 1. The molecule has 2 fully saturated rings. The summed E-state index contributed by atoms with van der Waals surface area (Å²) in [6.45, 7) is 4.53. The summed E-state index contributed by atoms with van der Waals surface area (Å²) in [6.07, 6.45) is 3.09. The molecule has 0 aromatic rings. The minimum absolute atomic E-state index is 0.207. The second-order valence-electron chi connectivity index (χ2n) is 5.62. The minimum Gasteiger partial charge on any atom is -0.383 e. The number of carbonyl (C=O) groups is 1. The van der Waals surface area contributed by atoms with Crippen molar-refractivity contribution in [1.29, 1.82) is 0 Å². The van der Waals surface area contributed by atoms with Crippen molar-refractivity contribution >= 4 is 17.7 Å². The number of methoxy groups -OCH3 is 1. The number of rotatable bonds is 5. The second-order valence-corrected chi connectivity index (χ2v) is 6.77. The topological polar surface area (TPSA) is 41.6 Å². The first-order valence-electron chi connectivity index (χ1n) is 7.33. The van der Waals surface area contributed by atoms with Gasteiger partial charge in [0.1, 0.15) is 0 Å². The van der Waals surface area contributed by atoms with Gasteiger partial charge in [-0.15, -0.1) is 0 Å². The average molecular weight is 286 g/mol. The normalized spacial score (nSPS) is 31.4. The molecule has 2 aliphatic rings. The van der Waals surface area contributed by atoms with Gasteiger partial charge in [-0.3, -0.25) is 4.79 Å². The molecule has 1 amide bonds. The number of nitrogens with one attached hydrogen (secondary N) is 1. The molecule has 3 unspecified atom stereocenters. The summed E-state index contributed by atoms with van der Waals surface area (Å²) in [4.78, 5) is 14.9. The monoisotopic (exact) mass is 286 g/mol. The highest BCUT2D eigenvalue weighted by Gasteiger charge is 2.33. The van der Waals surface area contributed by atoms with E-state index >= 15 is 0 Å². The summed E-state index contributed by atoms with van der Waals surface area (Å²) >= 11 is 1.96. The molecule has 2 saturated heterocycles. The summed E-state index contributed by atoms with van der Waals surface area (Å²) in [5, 5.41) is 3.42. The Bertz CT molecular complexity index is 295. The predicted octanol–water partition coefficient (Wildman–Crippen LogP) is 1.35. The van der Waals surface area contributed by atoms with Gasteiger partial charge in [0.15, 0.2) is 0 Å². The van der Waals surface area contributed by atoms with Crippen LogP contribution in [0.25, 0.3) is 0 Å². The highest BCUT2D eigenvalue weighted by Crippen LogP contribution is 2.26. The van der Waals surface area contributed by atoms with Gasteiger partial charge in [-0.1, -0.05) is 0 Å². The van der Waals surface area contributed by atoms with Crippen LogP contribution in [-0.2, 0) is 9.53 Å². The zero-order valence-corrected chi connectivity index (χ0v) is 12.9. The van der Waals surface area contributed by atoms with Crippen molar-refractivity contribution in [3.8, 4) is 0 Å². The van der Waals surface area contributed by atoms with Crippen molar-refractivity contribution in [2.45, 2.75) is 38.3 Å². The quantitative estimate of drug-likeness (QED) is 0.828. The Morgan fingerprint density at radius 3 is 2.95 bits per heavy atom. The highest BCUT2D eigenvalue weighted by molar-refractivity contribution is 7.99. The Kier molecular flexibility index (Phi) is 5.98. The molecule has 1 N–H and O–H groups in total. The van der Waals surface area contributed by atoms with E-state index in [0.29, 0.717) is 24.6 Å². The number of ether oxygens (including phenoxy) is 1. The van der Waals surface area contributed by atoms with Crippen LogP contribution in [0.5, 0.6) is 0 Å². The zero-order valence-electron chi connectivity index (χ0n) is 12.1. The molecule has 0 aliphatic carbocycles. The van der Waals surface area contributed by atoms with Crippen LogP contribution < -0.4 is 5.32 Å². The molecule has 19 heavy (non-hydrogen) atoms. The van der Waals surface area contributed by atoms with E-state index in [9.17, 15) is 4.79 Å². The molecule has 2 rings (SSSR count). The van der Waals surface area contributed by atoms with Crippen LogP contribution in [0, 0.1) is 5.92 Å². The van der Waals surface area contributed by atoms with Crippen molar-refractivity contribution in [2.24, 2.45) is 5.92 Å². The van der Waals surface area contributed by atoms with E-state index < -0.39 is 0 Å². The van der Waals surface area contributed by atoms with Gasteiger partial charge < -0.3 is 15.0 Å². The van der Waals surface area contributed by atoms with Gasteiger partial charge in [-0.25, -0.2) is 0 Å². The molecule has 2 heterocycles. The van der Waals surface area contributed by atoms with Gasteiger partial charge in [0, 0.05) is 37.4 Å². The third-order valence-electron chi connectivity index (χ3n) is 4.14. The van der Waals surface area contributed by atoms with Crippen molar-refractivity contribution in [2.75, 3.05) is 38.3 Å². The van der Waals surface area contributed by atoms with Crippen LogP contribution in [0.2, 0.25) is 0 Å². The maximum atomic E-state index is 12.8. The molecule has 3 atom stereocenters. The summed E-state index contributed by atoms with van der Waals surface area (Å²) in [7, 11) is 1.71. The number of hydrogen-bond donors (Lipinski definition) is 1. The Hall–Kier alpha value is -0.260. The summed E-state index contributed by atoms with van der Waals surface area (Å²) < 4.78 is 5.18. The molecule has 0 aromatic carbocycles. The molecule has 0 saturated carbocycles. The molecule has 110 valence electrons. The molecular formula is C14H26N2O2S. The number of amides is 1. The predicted molar refractivity (Wildman–Crippen MR) is 79.5 cm³/mol. The lowest BCUT2D eigenvalue weighted by Crippen LogP contribution is -2.49. The van der Waals surface area contributed by atoms with Crippen LogP contribution in [0.4, 0.5) is 0 Å². The van der Waals surface area contributed by atoms with Crippen molar-refractivity contribution in [1.82, 2.24) is 10.2 Å². The van der Waals surface area contributed by atoms with Crippen LogP contribution in [0.15, 0.2) is 0 Å². The Morgan fingerprint density at radius 2 is 2.32 bits per heavy atom. The molecule has 5 heteroatoms. The standard InChI is InChI=1S/C14H26N2O2S/c1-11-9-12(3-5-15-11)14(17)16(6-7-18-2)13-4-8-19-10-13/h11-13,15H,3-10H2,1-2H3.